The summed E-state index contributed by atoms with van der Waals surface area (Å²) in [7, 11) is 4.70. The van der Waals surface area contributed by atoms with Crippen LogP contribution in [0.1, 0.15) is 29.8 Å². The molecule has 0 spiro atoms. The molecule has 0 fully saturated rings. The van der Waals surface area contributed by atoms with Crippen LogP contribution in [0, 0.1) is 6.92 Å². The van der Waals surface area contributed by atoms with Crippen LogP contribution in [0.25, 0.3) is 10.9 Å². The highest BCUT2D eigenvalue weighted by Crippen LogP contribution is 2.39. The van der Waals surface area contributed by atoms with Gasteiger partial charge >= 0.3 is 6.03 Å². The van der Waals surface area contributed by atoms with Crippen LogP contribution in [-0.4, -0.2) is 38.9 Å². The number of aromatic nitrogens is 1. The maximum Gasteiger partial charge on any atom is 0.315 e. The van der Waals surface area contributed by atoms with Gasteiger partial charge in [0.05, 0.1) is 27.4 Å². The first-order valence-corrected chi connectivity index (χ1v) is 9.89. The molecule has 0 aliphatic heterocycles. The summed E-state index contributed by atoms with van der Waals surface area (Å²) in [6, 6.07) is 11.4. The van der Waals surface area contributed by atoms with Gasteiger partial charge in [-0.3, -0.25) is 0 Å². The number of para-hydroxylation sites is 1. The molecule has 2 amide bonds. The number of benzene rings is 2. The molecule has 7 nitrogen and oxygen atoms in total. The van der Waals surface area contributed by atoms with Crippen molar-refractivity contribution in [3.63, 3.8) is 0 Å². The van der Waals surface area contributed by atoms with Gasteiger partial charge in [0.2, 0.25) is 5.75 Å². The van der Waals surface area contributed by atoms with E-state index in [0.29, 0.717) is 23.8 Å². The van der Waals surface area contributed by atoms with E-state index in [9.17, 15) is 4.79 Å². The third-order valence-electron chi connectivity index (χ3n) is 5.22. The van der Waals surface area contributed by atoms with E-state index in [0.717, 1.165) is 23.2 Å². The lowest BCUT2D eigenvalue weighted by molar-refractivity contribution is 0.238. The molecule has 3 N–H and O–H groups in total. The van der Waals surface area contributed by atoms with Crippen LogP contribution in [0.5, 0.6) is 17.2 Å². The van der Waals surface area contributed by atoms with Gasteiger partial charge in [-0.05, 0) is 49.6 Å². The number of ether oxygens (including phenoxy) is 3. The molecular formula is C23H29N3O4. The first kappa shape index (κ1) is 21.4. The highest BCUT2D eigenvalue weighted by molar-refractivity contribution is 5.84. The van der Waals surface area contributed by atoms with Crippen LogP contribution in [0.3, 0.4) is 0 Å². The summed E-state index contributed by atoms with van der Waals surface area (Å²) >= 11 is 0. The maximum absolute atomic E-state index is 12.4. The van der Waals surface area contributed by atoms with Crippen molar-refractivity contribution in [2.24, 2.45) is 0 Å². The summed E-state index contributed by atoms with van der Waals surface area (Å²) in [4.78, 5) is 15.8. The van der Waals surface area contributed by atoms with Crippen LogP contribution < -0.4 is 24.8 Å². The van der Waals surface area contributed by atoms with Gasteiger partial charge in [0.25, 0.3) is 0 Å². The highest BCUT2D eigenvalue weighted by atomic mass is 16.5. The normalized spacial score (nSPS) is 11.8. The van der Waals surface area contributed by atoms with Crippen molar-refractivity contribution in [3.8, 4) is 17.2 Å². The fourth-order valence-electron chi connectivity index (χ4n) is 3.64. The van der Waals surface area contributed by atoms with Gasteiger partial charge in [0.1, 0.15) is 0 Å². The third kappa shape index (κ3) is 4.45. The van der Waals surface area contributed by atoms with Crippen LogP contribution in [0.15, 0.2) is 36.4 Å². The summed E-state index contributed by atoms with van der Waals surface area (Å²) in [5, 5.41) is 7.10. The van der Waals surface area contributed by atoms with Crippen molar-refractivity contribution >= 4 is 16.9 Å². The summed E-state index contributed by atoms with van der Waals surface area (Å²) in [6.45, 7) is 4.50. The van der Waals surface area contributed by atoms with Crippen molar-refractivity contribution < 1.29 is 19.0 Å². The van der Waals surface area contributed by atoms with Gasteiger partial charge < -0.3 is 29.8 Å². The summed E-state index contributed by atoms with van der Waals surface area (Å²) in [6.07, 6.45) is 0.752. The molecule has 1 unspecified atom stereocenters. The predicted molar refractivity (Wildman–Crippen MR) is 118 cm³/mol. The van der Waals surface area contributed by atoms with Crippen LogP contribution >= 0.6 is 0 Å². The number of aryl methyl sites for hydroxylation is 1. The largest absolute Gasteiger partial charge is 0.493 e. The maximum atomic E-state index is 12.4. The predicted octanol–water partition coefficient (Wildman–Crippen LogP) is 4.11. The van der Waals surface area contributed by atoms with Crippen molar-refractivity contribution in [2.75, 3.05) is 27.9 Å². The summed E-state index contributed by atoms with van der Waals surface area (Å²) in [5.41, 5.74) is 4.32. The number of fused-ring (bicyclic) bond motifs is 1. The average Bonchev–Trinajstić information content (AvgIpc) is 3.07. The molecule has 0 bridgehead atoms. The molecule has 1 aromatic heterocycles. The van der Waals surface area contributed by atoms with Gasteiger partial charge in [-0.25, -0.2) is 4.79 Å². The number of hydrogen-bond acceptors (Lipinski definition) is 4. The van der Waals surface area contributed by atoms with Gasteiger partial charge in [-0.2, -0.15) is 0 Å². The highest BCUT2D eigenvalue weighted by Gasteiger charge is 2.17. The second-order valence-electron chi connectivity index (χ2n) is 7.10. The lowest BCUT2D eigenvalue weighted by Gasteiger charge is -2.19. The Balaban J connectivity index is 1.61. The minimum absolute atomic E-state index is 0.228. The lowest BCUT2D eigenvalue weighted by Crippen LogP contribution is -2.38. The van der Waals surface area contributed by atoms with Crippen molar-refractivity contribution in [3.05, 3.63) is 53.2 Å². The minimum atomic E-state index is -0.242. The lowest BCUT2D eigenvalue weighted by atomic mass is 10.1. The minimum Gasteiger partial charge on any atom is -0.493 e. The van der Waals surface area contributed by atoms with Gasteiger partial charge in [0, 0.05) is 23.1 Å². The fraction of sp³-hybridized carbons (Fsp3) is 0.348. The third-order valence-corrected chi connectivity index (χ3v) is 5.22. The van der Waals surface area contributed by atoms with Crippen molar-refractivity contribution in [1.29, 1.82) is 0 Å². The van der Waals surface area contributed by atoms with Gasteiger partial charge in [-0.15, -0.1) is 0 Å². The quantitative estimate of drug-likeness (QED) is 0.521. The van der Waals surface area contributed by atoms with Crippen LogP contribution in [-0.2, 0) is 6.42 Å². The Bertz CT molecular complexity index is 1000. The number of carbonyl (C=O) groups is 1. The number of hydrogen-bond donors (Lipinski definition) is 3. The number of methoxy groups -OCH3 is 3. The van der Waals surface area contributed by atoms with E-state index in [-0.39, 0.29) is 12.1 Å². The molecule has 1 heterocycles. The molecule has 1 atom stereocenters. The smallest absolute Gasteiger partial charge is 0.315 e. The number of carbonyl (C=O) groups excluding carboxylic acids is 1. The Hall–Kier alpha value is -3.35. The zero-order chi connectivity index (χ0) is 21.7. The van der Waals surface area contributed by atoms with E-state index in [1.807, 2.05) is 31.2 Å². The van der Waals surface area contributed by atoms with E-state index in [4.69, 9.17) is 14.2 Å². The number of nitrogens with one attached hydrogen (secondary N) is 3. The van der Waals surface area contributed by atoms with Crippen molar-refractivity contribution in [2.45, 2.75) is 26.3 Å². The molecule has 7 heteroatoms. The fourth-order valence-corrected chi connectivity index (χ4v) is 3.64. The zero-order valence-corrected chi connectivity index (χ0v) is 18.1. The van der Waals surface area contributed by atoms with Crippen LogP contribution in [0.2, 0.25) is 0 Å². The molecule has 0 saturated carbocycles. The second kappa shape index (κ2) is 9.43. The van der Waals surface area contributed by atoms with E-state index in [2.05, 4.69) is 34.7 Å². The molecule has 30 heavy (non-hydrogen) atoms. The van der Waals surface area contributed by atoms with E-state index in [1.54, 1.807) is 21.3 Å². The molecule has 0 saturated heterocycles. The Morgan fingerprint density at radius 3 is 2.37 bits per heavy atom. The molecular weight excluding hydrogens is 382 g/mol. The molecule has 3 rings (SSSR count). The summed E-state index contributed by atoms with van der Waals surface area (Å²) < 4.78 is 16.1. The standard InChI is InChI=1S/C23H29N3O4/c1-14(16-12-20(28-3)22(30-5)21(13-16)29-4)26-23(27)24-11-10-17-15(2)25-19-9-7-6-8-18(17)19/h6-9,12-14,25H,10-11H2,1-5H3,(H2,24,26,27). The van der Waals surface area contributed by atoms with Crippen LogP contribution in [0.4, 0.5) is 4.79 Å². The second-order valence-corrected chi connectivity index (χ2v) is 7.10. The Kier molecular flexibility index (Phi) is 6.72. The zero-order valence-electron chi connectivity index (χ0n) is 18.1. The Morgan fingerprint density at radius 1 is 1.07 bits per heavy atom. The van der Waals surface area contributed by atoms with E-state index >= 15 is 0 Å². The first-order chi connectivity index (χ1) is 14.5. The SMILES string of the molecule is COc1cc(C(C)NC(=O)NCCc2c(C)[nH]c3ccccc23)cc(OC)c1OC. The first-order valence-electron chi connectivity index (χ1n) is 9.89. The Morgan fingerprint density at radius 2 is 1.73 bits per heavy atom. The number of aromatic amines is 1. The molecule has 160 valence electrons. The number of rotatable bonds is 8. The number of H-pyrrole nitrogens is 1. The monoisotopic (exact) mass is 411 g/mol. The molecule has 3 aromatic rings. The van der Waals surface area contributed by atoms with Crippen molar-refractivity contribution in [1.82, 2.24) is 15.6 Å². The molecule has 0 aliphatic carbocycles. The molecule has 0 aliphatic rings. The average molecular weight is 412 g/mol. The number of amides is 2. The molecule has 0 radical (unpaired) electrons. The van der Waals surface area contributed by atoms with E-state index in [1.165, 1.54) is 10.9 Å². The van der Waals surface area contributed by atoms with Gasteiger partial charge in [0.15, 0.2) is 11.5 Å². The topological polar surface area (TPSA) is 84.6 Å². The number of urea groups is 1. The summed E-state index contributed by atoms with van der Waals surface area (Å²) in [5.74, 6) is 1.63. The molecule has 2 aromatic carbocycles. The Labute approximate surface area is 176 Å². The van der Waals surface area contributed by atoms with E-state index < -0.39 is 0 Å². The van der Waals surface area contributed by atoms with Gasteiger partial charge in [-0.1, -0.05) is 18.2 Å².